The molecule has 2 aromatic carbocycles. The number of aromatic nitrogens is 4. The van der Waals surface area contributed by atoms with Gasteiger partial charge in [0.05, 0.1) is 5.69 Å². The van der Waals surface area contributed by atoms with E-state index in [9.17, 15) is 0 Å². The number of ether oxygens (including phenoxy) is 1. The molecule has 1 unspecified atom stereocenters. The van der Waals surface area contributed by atoms with Crippen molar-refractivity contribution in [3.8, 4) is 16.3 Å². The normalized spacial score (nSPS) is 12.0. The molecule has 4 rings (SSSR count). The van der Waals surface area contributed by atoms with Crippen molar-refractivity contribution in [2.45, 2.75) is 51.3 Å². The first kappa shape index (κ1) is 24.5. The molecule has 2 heterocycles. The van der Waals surface area contributed by atoms with Gasteiger partial charge in [0, 0.05) is 28.3 Å². The lowest BCUT2D eigenvalue weighted by Gasteiger charge is -2.17. The summed E-state index contributed by atoms with van der Waals surface area (Å²) in [4.78, 5) is 4.82. The summed E-state index contributed by atoms with van der Waals surface area (Å²) < 4.78 is 8.25. The van der Waals surface area contributed by atoms with E-state index in [-0.39, 0.29) is 6.10 Å². The standard InChI is InChI=1S/C26H27ClN4OS2/c1-6-10-31-24(19(5)32-22-12-17(3)23(27)18(4)13-22)29-30-26(31)34-15-21-14-33-25(28-21)20-9-7-8-16(2)11-20/h6-9,11-14,19H,1,10,15H2,2-5H3. The zero-order chi connectivity index (χ0) is 24.2. The second-order valence-electron chi connectivity index (χ2n) is 8.17. The molecule has 34 heavy (non-hydrogen) atoms. The Balaban J connectivity index is 1.48. The van der Waals surface area contributed by atoms with Crippen molar-refractivity contribution in [3.63, 3.8) is 0 Å². The maximum Gasteiger partial charge on any atom is 0.192 e. The number of benzene rings is 2. The first-order chi connectivity index (χ1) is 16.4. The van der Waals surface area contributed by atoms with Crippen LogP contribution in [0.25, 0.3) is 10.6 Å². The average Bonchev–Trinajstić information content (AvgIpc) is 3.43. The van der Waals surface area contributed by atoms with Crippen LogP contribution in [0.5, 0.6) is 5.75 Å². The minimum absolute atomic E-state index is 0.283. The molecule has 0 aliphatic rings. The van der Waals surface area contributed by atoms with Crippen LogP contribution < -0.4 is 4.74 Å². The van der Waals surface area contributed by atoms with Crippen molar-refractivity contribution in [1.82, 2.24) is 19.7 Å². The monoisotopic (exact) mass is 510 g/mol. The Labute approximate surface area is 213 Å². The minimum Gasteiger partial charge on any atom is -0.483 e. The fourth-order valence-corrected chi connectivity index (χ4v) is 5.54. The summed E-state index contributed by atoms with van der Waals surface area (Å²) in [5.41, 5.74) is 5.38. The van der Waals surface area contributed by atoms with Gasteiger partial charge in [-0.05, 0) is 57.0 Å². The van der Waals surface area contributed by atoms with Crippen molar-refractivity contribution in [1.29, 1.82) is 0 Å². The highest BCUT2D eigenvalue weighted by Crippen LogP contribution is 2.31. The number of aryl methyl sites for hydroxylation is 3. The molecule has 5 nitrogen and oxygen atoms in total. The Bertz CT molecular complexity index is 1290. The number of hydrogen-bond donors (Lipinski definition) is 0. The van der Waals surface area contributed by atoms with E-state index in [4.69, 9.17) is 21.3 Å². The van der Waals surface area contributed by atoms with Gasteiger partial charge in [-0.2, -0.15) is 0 Å². The number of thiazole rings is 1. The maximum atomic E-state index is 6.30. The molecule has 176 valence electrons. The van der Waals surface area contributed by atoms with Gasteiger partial charge < -0.3 is 4.74 Å². The van der Waals surface area contributed by atoms with E-state index in [2.05, 4.69) is 53.3 Å². The van der Waals surface area contributed by atoms with Gasteiger partial charge >= 0.3 is 0 Å². The molecule has 0 aliphatic carbocycles. The Morgan fingerprint density at radius 2 is 1.94 bits per heavy atom. The van der Waals surface area contributed by atoms with Crippen molar-refractivity contribution < 1.29 is 4.74 Å². The summed E-state index contributed by atoms with van der Waals surface area (Å²) in [5.74, 6) is 2.23. The van der Waals surface area contributed by atoms with Crippen LogP contribution in [-0.4, -0.2) is 19.7 Å². The predicted molar refractivity (Wildman–Crippen MR) is 142 cm³/mol. The average molecular weight is 511 g/mol. The van der Waals surface area contributed by atoms with Crippen molar-refractivity contribution in [2.75, 3.05) is 0 Å². The molecule has 1 atom stereocenters. The minimum atomic E-state index is -0.283. The van der Waals surface area contributed by atoms with E-state index in [1.54, 1.807) is 23.1 Å². The van der Waals surface area contributed by atoms with Crippen LogP contribution in [-0.2, 0) is 12.3 Å². The number of allylic oxidation sites excluding steroid dienone is 1. The first-order valence-electron chi connectivity index (χ1n) is 11.0. The molecule has 0 radical (unpaired) electrons. The van der Waals surface area contributed by atoms with E-state index < -0.39 is 0 Å². The number of hydrogen-bond acceptors (Lipinski definition) is 6. The molecule has 0 spiro atoms. The third-order valence-corrected chi connectivity index (χ3v) is 7.85. The van der Waals surface area contributed by atoms with Crippen LogP contribution in [0.4, 0.5) is 0 Å². The summed E-state index contributed by atoms with van der Waals surface area (Å²) in [6.45, 7) is 12.5. The summed E-state index contributed by atoms with van der Waals surface area (Å²) in [7, 11) is 0. The van der Waals surface area contributed by atoms with Gasteiger partial charge in [0.2, 0.25) is 0 Å². The van der Waals surface area contributed by atoms with Gasteiger partial charge in [0.25, 0.3) is 0 Å². The summed E-state index contributed by atoms with van der Waals surface area (Å²) in [6, 6.07) is 12.3. The quantitative estimate of drug-likeness (QED) is 0.171. The number of halogens is 1. The molecular formula is C26H27ClN4OS2. The summed E-state index contributed by atoms with van der Waals surface area (Å²) in [5, 5.41) is 13.6. The van der Waals surface area contributed by atoms with Crippen LogP contribution in [0.15, 0.2) is 59.6 Å². The Morgan fingerprint density at radius 1 is 1.18 bits per heavy atom. The van der Waals surface area contributed by atoms with Gasteiger partial charge in [-0.3, -0.25) is 4.57 Å². The van der Waals surface area contributed by atoms with Gasteiger partial charge in [-0.25, -0.2) is 4.98 Å². The number of thioether (sulfide) groups is 1. The fourth-order valence-electron chi connectivity index (χ4n) is 3.66. The van der Waals surface area contributed by atoms with Crippen LogP contribution in [0, 0.1) is 20.8 Å². The molecule has 0 bridgehead atoms. The highest BCUT2D eigenvalue weighted by atomic mass is 35.5. The molecule has 8 heteroatoms. The second kappa shape index (κ2) is 10.8. The Morgan fingerprint density at radius 3 is 2.65 bits per heavy atom. The molecule has 4 aromatic rings. The van der Waals surface area contributed by atoms with Crippen LogP contribution in [0.2, 0.25) is 5.02 Å². The lowest BCUT2D eigenvalue weighted by atomic mass is 10.1. The lowest BCUT2D eigenvalue weighted by molar-refractivity contribution is 0.210. The molecule has 0 fully saturated rings. The smallest absolute Gasteiger partial charge is 0.192 e. The lowest BCUT2D eigenvalue weighted by Crippen LogP contribution is -2.12. The topological polar surface area (TPSA) is 52.8 Å². The van der Waals surface area contributed by atoms with Gasteiger partial charge in [-0.1, -0.05) is 53.2 Å². The SMILES string of the molecule is C=CCn1c(SCc2csc(-c3cccc(C)c3)n2)nnc1C(C)Oc1cc(C)c(Cl)c(C)c1. The summed E-state index contributed by atoms with van der Waals surface area (Å²) >= 11 is 9.58. The maximum absolute atomic E-state index is 6.30. The highest BCUT2D eigenvalue weighted by molar-refractivity contribution is 7.98. The van der Waals surface area contributed by atoms with Gasteiger partial charge in [-0.15, -0.1) is 28.1 Å². The van der Waals surface area contributed by atoms with Gasteiger partial charge in [0.15, 0.2) is 17.1 Å². The van der Waals surface area contributed by atoms with Crippen LogP contribution in [0.3, 0.4) is 0 Å². The van der Waals surface area contributed by atoms with E-state index in [0.717, 1.165) is 49.1 Å². The largest absolute Gasteiger partial charge is 0.483 e. The van der Waals surface area contributed by atoms with Crippen molar-refractivity contribution in [3.05, 3.63) is 87.7 Å². The van der Waals surface area contributed by atoms with E-state index in [1.165, 1.54) is 5.56 Å². The van der Waals surface area contributed by atoms with Gasteiger partial charge in [0.1, 0.15) is 10.8 Å². The van der Waals surface area contributed by atoms with Crippen molar-refractivity contribution >= 4 is 34.7 Å². The molecule has 0 aliphatic heterocycles. The number of nitrogens with zero attached hydrogens (tertiary/aromatic N) is 4. The zero-order valence-corrected chi connectivity index (χ0v) is 22.1. The molecular weight excluding hydrogens is 484 g/mol. The third kappa shape index (κ3) is 5.54. The molecule has 0 N–H and O–H groups in total. The molecule has 2 aromatic heterocycles. The summed E-state index contributed by atoms with van der Waals surface area (Å²) in [6.07, 6.45) is 1.56. The van der Waals surface area contributed by atoms with E-state index in [1.807, 2.05) is 43.5 Å². The number of rotatable bonds is 9. The van der Waals surface area contributed by atoms with Crippen molar-refractivity contribution in [2.24, 2.45) is 0 Å². The van der Waals surface area contributed by atoms with Crippen LogP contribution in [0.1, 0.15) is 41.2 Å². The van der Waals surface area contributed by atoms with Crippen LogP contribution >= 0.6 is 34.7 Å². The molecule has 0 saturated heterocycles. The zero-order valence-electron chi connectivity index (χ0n) is 19.7. The highest BCUT2D eigenvalue weighted by Gasteiger charge is 2.20. The Hall–Kier alpha value is -2.61. The second-order valence-corrected chi connectivity index (χ2v) is 10.4. The fraction of sp³-hybridized carbons (Fsp3) is 0.269. The third-order valence-electron chi connectivity index (χ3n) is 5.31. The van der Waals surface area contributed by atoms with E-state index >= 15 is 0 Å². The predicted octanol–water partition coefficient (Wildman–Crippen LogP) is 7.60. The first-order valence-corrected chi connectivity index (χ1v) is 13.2. The van der Waals surface area contributed by atoms with E-state index in [0.29, 0.717) is 12.3 Å². The molecule has 0 amide bonds. The Kier molecular flexibility index (Phi) is 7.76. The molecule has 0 saturated carbocycles.